The summed E-state index contributed by atoms with van der Waals surface area (Å²) < 4.78 is 10.5. The van der Waals surface area contributed by atoms with Crippen molar-refractivity contribution in [2.24, 2.45) is 0 Å². The van der Waals surface area contributed by atoms with Crippen molar-refractivity contribution in [1.29, 1.82) is 0 Å². The molecule has 0 fully saturated rings. The van der Waals surface area contributed by atoms with Crippen molar-refractivity contribution >= 4 is 23.2 Å². The van der Waals surface area contributed by atoms with E-state index in [-0.39, 0.29) is 35.7 Å². The van der Waals surface area contributed by atoms with Crippen molar-refractivity contribution in [1.82, 2.24) is 5.32 Å². The first-order valence-corrected chi connectivity index (χ1v) is 7.78. The molecule has 25 heavy (non-hydrogen) atoms. The van der Waals surface area contributed by atoms with Crippen molar-refractivity contribution in [3.63, 3.8) is 0 Å². The van der Waals surface area contributed by atoms with Gasteiger partial charge in [0.2, 0.25) is 0 Å². The number of nitro benzene ring substituents is 1. The zero-order valence-electron chi connectivity index (χ0n) is 13.7. The number of ether oxygens (including phenoxy) is 2. The second-order valence-electron chi connectivity index (χ2n) is 5.22. The molecule has 1 N–H and O–H groups in total. The summed E-state index contributed by atoms with van der Waals surface area (Å²) in [7, 11) is 1.37. The number of amides is 1. The molecular formula is C17H17ClN2O5. The number of carbonyl (C=O) groups excluding carboxylic acids is 1. The van der Waals surface area contributed by atoms with Gasteiger partial charge in [-0.1, -0.05) is 23.7 Å². The number of non-ortho nitro benzene ring substituents is 1. The number of benzene rings is 2. The fourth-order valence-electron chi connectivity index (χ4n) is 2.15. The largest absolute Gasteiger partial charge is 0.493 e. The first-order chi connectivity index (χ1) is 11.9. The minimum Gasteiger partial charge on any atom is -0.493 e. The first kappa shape index (κ1) is 18.5. The van der Waals surface area contributed by atoms with Crippen LogP contribution < -0.4 is 14.8 Å². The van der Waals surface area contributed by atoms with Gasteiger partial charge in [-0.15, -0.1) is 0 Å². The molecule has 0 radical (unpaired) electrons. The van der Waals surface area contributed by atoms with Crippen LogP contribution in [0.4, 0.5) is 5.69 Å². The average molecular weight is 365 g/mol. The van der Waals surface area contributed by atoms with Crippen LogP contribution in [0.5, 0.6) is 11.5 Å². The number of hydrogen-bond acceptors (Lipinski definition) is 5. The van der Waals surface area contributed by atoms with Gasteiger partial charge in [0.05, 0.1) is 24.1 Å². The smallest absolute Gasteiger partial charge is 0.273 e. The highest BCUT2D eigenvalue weighted by Crippen LogP contribution is 2.31. The van der Waals surface area contributed by atoms with Crippen LogP contribution in [0.1, 0.15) is 18.5 Å². The number of halogens is 1. The third kappa shape index (κ3) is 5.09. The van der Waals surface area contributed by atoms with Crippen LogP contribution in [0, 0.1) is 10.1 Å². The van der Waals surface area contributed by atoms with Crippen LogP contribution in [0.2, 0.25) is 5.02 Å². The van der Waals surface area contributed by atoms with E-state index in [1.54, 1.807) is 12.1 Å². The number of nitro groups is 1. The molecule has 0 saturated heterocycles. The van der Waals surface area contributed by atoms with Gasteiger partial charge in [-0.2, -0.15) is 0 Å². The summed E-state index contributed by atoms with van der Waals surface area (Å²) in [5.41, 5.74) is 0.788. The summed E-state index contributed by atoms with van der Waals surface area (Å²) >= 11 is 5.84. The van der Waals surface area contributed by atoms with Crippen LogP contribution in [0.3, 0.4) is 0 Å². The Kier molecular flexibility index (Phi) is 6.19. The second-order valence-corrected chi connectivity index (χ2v) is 5.66. The molecular weight excluding hydrogens is 348 g/mol. The maximum atomic E-state index is 12.0. The molecule has 0 aliphatic heterocycles. The Labute approximate surface area is 149 Å². The number of carbonyl (C=O) groups is 1. The molecule has 8 heteroatoms. The Morgan fingerprint density at radius 3 is 2.52 bits per heavy atom. The van der Waals surface area contributed by atoms with Gasteiger partial charge in [0.25, 0.3) is 11.6 Å². The van der Waals surface area contributed by atoms with E-state index in [4.69, 9.17) is 21.1 Å². The predicted molar refractivity (Wildman–Crippen MR) is 93.2 cm³/mol. The van der Waals surface area contributed by atoms with E-state index in [0.29, 0.717) is 5.02 Å². The third-order valence-corrected chi connectivity index (χ3v) is 3.72. The maximum absolute atomic E-state index is 12.0. The molecule has 0 bridgehead atoms. The fraction of sp³-hybridized carbons (Fsp3) is 0.235. The SMILES string of the molecule is COc1cc([N+](=O)[O-])ccc1OCC(=O)NC(C)c1ccc(Cl)cc1. The predicted octanol–water partition coefficient (Wildman–Crippen LogP) is 3.51. The third-order valence-electron chi connectivity index (χ3n) is 3.46. The standard InChI is InChI=1S/C17H17ClN2O5/c1-11(12-3-5-13(18)6-4-12)19-17(21)10-25-15-8-7-14(20(22)23)9-16(15)24-2/h3-9,11H,10H2,1-2H3,(H,19,21). The van der Waals surface area contributed by atoms with Crippen molar-refractivity contribution in [2.75, 3.05) is 13.7 Å². The summed E-state index contributed by atoms with van der Waals surface area (Å²) in [6, 6.07) is 10.9. The van der Waals surface area contributed by atoms with E-state index >= 15 is 0 Å². The molecule has 0 spiro atoms. The lowest BCUT2D eigenvalue weighted by Crippen LogP contribution is -2.31. The molecule has 1 atom stereocenters. The van der Waals surface area contributed by atoms with E-state index in [0.717, 1.165) is 5.56 Å². The van der Waals surface area contributed by atoms with Crippen molar-refractivity contribution < 1.29 is 19.2 Å². The maximum Gasteiger partial charge on any atom is 0.273 e. The van der Waals surface area contributed by atoms with Gasteiger partial charge in [-0.25, -0.2) is 0 Å². The zero-order valence-corrected chi connectivity index (χ0v) is 14.4. The molecule has 7 nitrogen and oxygen atoms in total. The van der Waals surface area contributed by atoms with Gasteiger partial charge >= 0.3 is 0 Å². The van der Waals surface area contributed by atoms with Crippen LogP contribution in [0.25, 0.3) is 0 Å². The molecule has 0 aliphatic rings. The summed E-state index contributed by atoms with van der Waals surface area (Å²) in [5.74, 6) is 0.109. The quantitative estimate of drug-likeness (QED) is 0.599. The highest BCUT2D eigenvalue weighted by Gasteiger charge is 2.15. The van der Waals surface area contributed by atoms with E-state index in [1.165, 1.54) is 25.3 Å². The molecule has 132 valence electrons. The number of nitrogens with zero attached hydrogens (tertiary/aromatic N) is 1. The minimum atomic E-state index is -0.535. The van der Waals surface area contributed by atoms with Crippen LogP contribution >= 0.6 is 11.6 Å². The average Bonchev–Trinajstić information content (AvgIpc) is 2.60. The molecule has 0 aromatic heterocycles. The van der Waals surface area contributed by atoms with E-state index < -0.39 is 4.92 Å². The molecule has 1 unspecified atom stereocenters. The first-order valence-electron chi connectivity index (χ1n) is 7.40. The lowest BCUT2D eigenvalue weighted by Gasteiger charge is -2.15. The summed E-state index contributed by atoms with van der Waals surface area (Å²) in [4.78, 5) is 22.3. The Hall–Kier alpha value is -2.80. The van der Waals surface area contributed by atoms with E-state index in [1.807, 2.05) is 19.1 Å². The second kappa shape index (κ2) is 8.34. The topological polar surface area (TPSA) is 90.7 Å². The molecule has 2 aromatic rings. The Morgan fingerprint density at radius 1 is 1.24 bits per heavy atom. The Morgan fingerprint density at radius 2 is 1.92 bits per heavy atom. The van der Waals surface area contributed by atoms with Crippen molar-refractivity contribution in [2.45, 2.75) is 13.0 Å². The fourth-order valence-corrected chi connectivity index (χ4v) is 2.28. The summed E-state index contributed by atoms with van der Waals surface area (Å²) in [6.45, 7) is 1.60. The highest BCUT2D eigenvalue weighted by molar-refractivity contribution is 6.30. The lowest BCUT2D eigenvalue weighted by atomic mass is 10.1. The number of methoxy groups -OCH3 is 1. The van der Waals surface area contributed by atoms with Gasteiger partial charge < -0.3 is 14.8 Å². The van der Waals surface area contributed by atoms with Gasteiger partial charge in [0, 0.05) is 11.1 Å². The molecule has 1 amide bonds. The number of rotatable bonds is 7. The van der Waals surface area contributed by atoms with E-state index in [9.17, 15) is 14.9 Å². The van der Waals surface area contributed by atoms with Gasteiger partial charge in [-0.3, -0.25) is 14.9 Å². The molecule has 2 rings (SSSR count). The van der Waals surface area contributed by atoms with Crippen LogP contribution in [-0.2, 0) is 4.79 Å². The van der Waals surface area contributed by atoms with Crippen molar-refractivity contribution in [3.8, 4) is 11.5 Å². The van der Waals surface area contributed by atoms with Crippen molar-refractivity contribution in [3.05, 3.63) is 63.2 Å². The summed E-state index contributed by atoms with van der Waals surface area (Å²) in [5, 5.41) is 14.2. The lowest BCUT2D eigenvalue weighted by molar-refractivity contribution is -0.384. The Bertz CT molecular complexity index is 764. The van der Waals surface area contributed by atoms with Gasteiger partial charge in [0.1, 0.15) is 0 Å². The van der Waals surface area contributed by atoms with E-state index in [2.05, 4.69) is 5.32 Å². The van der Waals surface area contributed by atoms with Gasteiger partial charge in [-0.05, 0) is 30.7 Å². The van der Waals surface area contributed by atoms with Gasteiger partial charge in [0.15, 0.2) is 18.1 Å². The molecule has 2 aromatic carbocycles. The summed E-state index contributed by atoms with van der Waals surface area (Å²) in [6.07, 6.45) is 0. The monoisotopic (exact) mass is 364 g/mol. The van der Waals surface area contributed by atoms with Crippen LogP contribution in [-0.4, -0.2) is 24.5 Å². The minimum absolute atomic E-state index is 0.120. The zero-order chi connectivity index (χ0) is 18.4. The molecule has 0 heterocycles. The Balaban J connectivity index is 1.95. The highest BCUT2D eigenvalue weighted by atomic mass is 35.5. The molecule has 0 saturated carbocycles. The normalized spacial score (nSPS) is 11.5. The molecule has 0 aliphatic carbocycles. The van der Waals surface area contributed by atoms with Crippen LogP contribution in [0.15, 0.2) is 42.5 Å². The number of hydrogen-bond donors (Lipinski definition) is 1. The number of nitrogens with one attached hydrogen (secondary N) is 1.